The first-order valence-electron chi connectivity index (χ1n) is 34.6. The van der Waals surface area contributed by atoms with Crippen molar-refractivity contribution in [3.63, 3.8) is 0 Å². The number of hydrogen-bond donors (Lipinski definition) is 3. The van der Waals surface area contributed by atoms with E-state index in [-0.39, 0.29) is 18.5 Å². The highest BCUT2D eigenvalue weighted by molar-refractivity contribution is 5.76. The van der Waals surface area contributed by atoms with E-state index in [9.17, 15) is 19.8 Å². The molecule has 6 nitrogen and oxygen atoms in total. The first-order valence-corrected chi connectivity index (χ1v) is 34.6. The lowest BCUT2D eigenvalue weighted by atomic mass is 10.0. The molecule has 0 aromatic carbocycles. The quantitative estimate of drug-likeness (QED) is 0.0320. The second kappa shape index (κ2) is 65.9. The lowest BCUT2D eigenvalue weighted by molar-refractivity contribution is -0.143. The summed E-state index contributed by atoms with van der Waals surface area (Å²) < 4.78 is 5.51. The fourth-order valence-electron chi connectivity index (χ4n) is 10.9. The fourth-order valence-corrected chi connectivity index (χ4v) is 10.9. The molecule has 6 heteroatoms. The van der Waals surface area contributed by atoms with Crippen molar-refractivity contribution in [3.05, 3.63) is 24.3 Å². The van der Waals surface area contributed by atoms with Crippen LogP contribution in [0.4, 0.5) is 0 Å². The average molecular weight is 1070 g/mol. The number of aliphatic hydroxyl groups excluding tert-OH is 2. The van der Waals surface area contributed by atoms with E-state index >= 15 is 0 Å². The maximum absolute atomic E-state index is 12.5. The Labute approximate surface area is 475 Å². The molecular formula is C70H135NO5. The van der Waals surface area contributed by atoms with Gasteiger partial charge in [-0.3, -0.25) is 9.59 Å². The minimum Gasteiger partial charge on any atom is -0.466 e. The summed E-state index contributed by atoms with van der Waals surface area (Å²) in [5.74, 6) is -0.0460. The smallest absolute Gasteiger partial charge is 0.305 e. The third-order valence-corrected chi connectivity index (χ3v) is 16.2. The van der Waals surface area contributed by atoms with Gasteiger partial charge in [-0.15, -0.1) is 0 Å². The molecule has 0 aliphatic carbocycles. The monoisotopic (exact) mass is 1070 g/mol. The number of unbranched alkanes of at least 4 members (excludes halogenated alkanes) is 52. The molecule has 0 bridgehead atoms. The van der Waals surface area contributed by atoms with Gasteiger partial charge in [0.15, 0.2) is 0 Å². The Morgan fingerprint density at radius 3 is 0.934 bits per heavy atom. The van der Waals surface area contributed by atoms with Crippen molar-refractivity contribution < 1.29 is 24.5 Å². The predicted molar refractivity (Wildman–Crippen MR) is 333 cm³/mol. The highest BCUT2D eigenvalue weighted by atomic mass is 16.5. The van der Waals surface area contributed by atoms with E-state index in [1.54, 1.807) is 6.08 Å². The zero-order chi connectivity index (χ0) is 55.0. The number of allylic oxidation sites excluding steroid dienone is 3. The van der Waals surface area contributed by atoms with E-state index in [4.69, 9.17) is 4.74 Å². The van der Waals surface area contributed by atoms with Crippen LogP contribution >= 0.6 is 0 Å². The van der Waals surface area contributed by atoms with Gasteiger partial charge in [-0.25, -0.2) is 0 Å². The molecule has 0 radical (unpaired) electrons. The Balaban J connectivity index is 3.37. The molecule has 0 aromatic heterocycles. The van der Waals surface area contributed by atoms with Crippen LogP contribution in [0.15, 0.2) is 24.3 Å². The molecule has 76 heavy (non-hydrogen) atoms. The zero-order valence-electron chi connectivity index (χ0n) is 51.5. The minimum absolute atomic E-state index is 0.0200. The average Bonchev–Trinajstić information content (AvgIpc) is 3.42. The van der Waals surface area contributed by atoms with Crippen molar-refractivity contribution in [1.82, 2.24) is 5.32 Å². The number of amides is 1. The Bertz CT molecular complexity index is 1190. The summed E-state index contributed by atoms with van der Waals surface area (Å²) in [4.78, 5) is 24.6. The van der Waals surface area contributed by atoms with Gasteiger partial charge in [0, 0.05) is 12.8 Å². The van der Waals surface area contributed by atoms with Crippen molar-refractivity contribution in [3.8, 4) is 0 Å². The van der Waals surface area contributed by atoms with Crippen LogP contribution < -0.4 is 5.32 Å². The second-order valence-corrected chi connectivity index (χ2v) is 23.9. The van der Waals surface area contributed by atoms with Gasteiger partial charge in [0.05, 0.1) is 25.4 Å². The third-order valence-electron chi connectivity index (χ3n) is 16.2. The maximum atomic E-state index is 12.5. The van der Waals surface area contributed by atoms with E-state index in [1.165, 1.54) is 321 Å². The molecule has 0 saturated carbocycles. The van der Waals surface area contributed by atoms with Crippen LogP contribution in [0.25, 0.3) is 0 Å². The topological polar surface area (TPSA) is 95.9 Å². The molecule has 0 saturated heterocycles. The lowest BCUT2D eigenvalue weighted by Gasteiger charge is -2.20. The summed E-state index contributed by atoms with van der Waals surface area (Å²) in [7, 11) is 0. The number of aliphatic hydroxyl groups is 2. The van der Waals surface area contributed by atoms with Gasteiger partial charge >= 0.3 is 5.97 Å². The summed E-state index contributed by atoms with van der Waals surface area (Å²) in [5, 5.41) is 23.1. The molecule has 1 amide bonds. The molecular weight excluding hydrogens is 935 g/mol. The molecule has 0 heterocycles. The standard InChI is InChI=1S/C70H135NO5/c1-3-5-7-9-11-13-15-17-19-32-36-40-44-48-52-56-60-64-70(75)76-65-61-57-53-49-45-41-37-34-31-29-27-25-23-21-20-22-24-26-28-30-33-35-39-43-47-51-55-59-63-69(74)71-67(66-72)68(73)62-58-54-50-46-42-38-18-16-14-12-10-8-6-4-2/h20-21,58,62,67-68,72-73H,3-19,22-57,59-61,63-66H2,1-2H3,(H,71,74)/b21-20-,62-58+. The normalized spacial score (nSPS) is 12.6. The molecule has 0 aliphatic rings. The van der Waals surface area contributed by atoms with Gasteiger partial charge in [0.2, 0.25) is 5.91 Å². The van der Waals surface area contributed by atoms with Crippen LogP contribution in [0.2, 0.25) is 0 Å². The van der Waals surface area contributed by atoms with Gasteiger partial charge in [-0.1, -0.05) is 340 Å². The molecule has 0 rings (SSSR count). The molecule has 0 fully saturated rings. The van der Waals surface area contributed by atoms with E-state index < -0.39 is 12.1 Å². The number of hydrogen-bond acceptors (Lipinski definition) is 5. The SMILES string of the molecule is CCCCCCCCCCCCCC/C=C/C(O)C(CO)NC(=O)CCCCCCCCCCCCCC/C=C\CCCCCCCCCCCCCCOC(=O)CCCCCCCCCCCCCCCCCCC. The molecule has 0 spiro atoms. The lowest BCUT2D eigenvalue weighted by Crippen LogP contribution is -2.45. The van der Waals surface area contributed by atoms with Gasteiger partial charge in [-0.05, 0) is 57.8 Å². The Kier molecular flexibility index (Phi) is 64.4. The summed E-state index contributed by atoms with van der Waals surface area (Å²) in [6.07, 6.45) is 82.5. The number of ether oxygens (including phenoxy) is 1. The predicted octanol–water partition coefficient (Wildman–Crippen LogP) is 22.1. The van der Waals surface area contributed by atoms with Crippen molar-refractivity contribution in [2.45, 2.75) is 398 Å². The number of rotatable bonds is 65. The van der Waals surface area contributed by atoms with Crippen LogP contribution in [0, 0.1) is 0 Å². The van der Waals surface area contributed by atoms with Crippen LogP contribution in [0.1, 0.15) is 386 Å². The largest absolute Gasteiger partial charge is 0.466 e. The molecule has 450 valence electrons. The van der Waals surface area contributed by atoms with Gasteiger partial charge in [0.25, 0.3) is 0 Å². The first-order chi connectivity index (χ1) is 37.5. The highest BCUT2D eigenvalue weighted by Gasteiger charge is 2.18. The van der Waals surface area contributed by atoms with E-state index in [0.717, 1.165) is 38.5 Å². The van der Waals surface area contributed by atoms with Crippen molar-refractivity contribution in [2.24, 2.45) is 0 Å². The van der Waals surface area contributed by atoms with Crippen LogP contribution in [-0.2, 0) is 14.3 Å². The van der Waals surface area contributed by atoms with Crippen molar-refractivity contribution in [2.75, 3.05) is 13.2 Å². The van der Waals surface area contributed by atoms with E-state index in [1.807, 2.05) is 6.08 Å². The van der Waals surface area contributed by atoms with E-state index in [2.05, 4.69) is 31.3 Å². The van der Waals surface area contributed by atoms with Crippen LogP contribution in [0.5, 0.6) is 0 Å². The second-order valence-electron chi connectivity index (χ2n) is 23.9. The third kappa shape index (κ3) is 61.6. The summed E-state index contributed by atoms with van der Waals surface area (Å²) in [6, 6.07) is -0.627. The Morgan fingerprint density at radius 1 is 0.355 bits per heavy atom. The van der Waals surface area contributed by atoms with Gasteiger partial charge in [0.1, 0.15) is 0 Å². The Hall–Kier alpha value is -1.66. The summed E-state index contributed by atoms with van der Waals surface area (Å²) >= 11 is 0. The van der Waals surface area contributed by atoms with Gasteiger partial charge in [-0.2, -0.15) is 0 Å². The molecule has 0 aromatic rings. The molecule has 2 atom stereocenters. The first kappa shape index (κ1) is 74.3. The van der Waals surface area contributed by atoms with Crippen molar-refractivity contribution in [1.29, 1.82) is 0 Å². The summed E-state index contributed by atoms with van der Waals surface area (Å²) in [6.45, 7) is 4.94. The number of carbonyl (C=O) groups excluding carboxylic acids is 2. The van der Waals surface area contributed by atoms with E-state index in [0.29, 0.717) is 19.4 Å². The maximum Gasteiger partial charge on any atom is 0.305 e. The van der Waals surface area contributed by atoms with Gasteiger partial charge < -0.3 is 20.3 Å². The minimum atomic E-state index is -0.843. The number of carbonyl (C=O) groups is 2. The number of esters is 1. The highest BCUT2D eigenvalue weighted by Crippen LogP contribution is 2.18. The molecule has 3 N–H and O–H groups in total. The molecule has 0 aliphatic heterocycles. The summed E-state index contributed by atoms with van der Waals surface area (Å²) in [5.41, 5.74) is 0. The zero-order valence-corrected chi connectivity index (χ0v) is 51.5. The number of nitrogens with one attached hydrogen (secondary N) is 1. The van der Waals surface area contributed by atoms with Crippen molar-refractivity contribution >= 4 is 11.9 Å². The molecule has 2 unspecified atom stereocenters. The Morgan fingerprint density at radius 2 is 0.618 bits per heavy atom. The van der Waals surface area contributed by atoms with Crippen LogP contribution in [0.3, 0.4) is 0 Å². The fraction of sp³-hybridized carbons (Fsp3) is 0.914. The van der Waals surface area contributed by atoms with Crippen LogP contribution in [-0.4, -0.2) is 47.4 Å².